The fraction of sp³-hybridized carbons (Fsp3) is 0.211. The Morgan fingerprint density at radius 1 is 1.15 bits per heavy atom. The highest BCUT2D eigenvalue weighted by molar-refractivity contribution is 7.07. The van der Waals surface area contributed by atoms with Gasteiger partial charge in [-0.1, -0.05) is 34.8 Å². The number of benzene rings is 2. The van der Waals surface area contributed by atoms with Gasteiger partial charge in [0.25, 0.3) is 0 Å². The predicted octanol–water partition coefficient (Wildman–Crippen LogP) is 6.76. The second kappa shape index (κ2) is 8.76. The minimum absolute atomic E-state index is 0.0257. The first kappa shape index (κ1) is 20.4. The fourth-order valence-electron chi connectivity index (χ4n) is 2.70. The summed E-state index contributed by atoms with van der Waals surface area (Å²) < 4.78 is 21.1. The summed E-state index contributed by atoms with van der Waals surface area (Å²) in [7, 11) is 1.64. The van der Waals surface area contributed by atoms with Crippen LogP contribution >= 0.6 is 46.1 Å². The number of thiazole rings is 1. The minimum atomic E-state index is -0.510. The van der Waals surface area contributed by atoms with Gasteiger partial charge in [0.2, 0.25) is 0 Å². The molecule has 0 saturated heterocycles. The van der Waals surface area contributed by atoms with Crippen molar-refractivity contribution in [2.24, 2.45) is 4.99 Å². The first-order valence-electron chi connectivity index (χ1n) is 8.05. The van der Waals surface area contributed by atoms with Gasteiger partial charge >= 0.3 is 0 Å². The van der Waals surface area contributed by atoms with E-state index in [1.807, 2.05) is 22.9 Å². The second-order valence-electron chi connectivity index (χ2n) is 5.91. The average Bonchev–Trinajstić information content (AvgIpc) is 3.04. The maximum Gasteiger partial charge on any atom is 0.190 e. The van der Waals surface area contributed by atoms with Crippen molar-refractivity contribution in [1.82, 2.24) is 4.57 Å². The molecule has 1 heterocycles. The van der Waals surface area contributed by atoms with E-state index >= 15 is 0 Å². The molecule has 2 aromatic carbocycles. The maximum atomic E-state index is 13.8. The van der Waals surface area contributed by atoms with E-state index in [4.69, 9.17) is 39.5 Å². The largest absolute Gasteiger partial charge is 0.383 e. The quantitative estimate of drug-likeness (QED) is 0.426. The fourth-order valence-corrected chi connectivity index (χ4v) is 4.21. The third-order valence-electron chi connectivity index (χ3n) is 3.92. The summed E-state index contributed by atoms with van der Waals surface area (Å²) in [6.07, 6.45) is 0. The highest BCUT2D eigenvalue weighted by Crippen LogP contribution is 2.32. The molecule has 1 atom stereocenters. The Hall–Kier alpha value is -1.37. The van der Waals surface area contributed by atoms with Crippen molar-refractivity contribution >= 4 is 51.8 Å². The summed E-state index contributed by atoms with van der Waals surface area (Å²) >= 11 is 19.7. The van der Waals surface area contributed by atoms with Gasteiger partial charge in [-0.15, -0.1) is 11.3 Å². The molecule has 8 heteroatoms. The number of ether oxygens (including phenoxy) is 1. The smallest absolute Gasteiger partial charge is 0.190 e. The Bertz CT molecular complexity index is 1030. The van der Waals surface area contributed by atoms with Crippen LogP contribution in [0.25, 0.3) is 11.3 Å². The van der Waals surface area contributed by atoms with Crippen LogP contribution in [0.2, 0.25) is 15.1 Å². The van der Waals surface area contributed by atoms with Gasteiger partial charge in [-0.2, -0.15) is 0 Å². The van der Waals surface area contributed by atoms with Gasteiger partial charge < -0.3 is 9.30 Å². The Morgan fingerprint density at radius 3 is 2.59 bits per heavy atom. The SMILES string of the molecule is COCC(C)n1c(-c2cc(Cl)ccc2Cl)csc1=Nc1ccc(Cl)c(F)c1. The molecule has 0 aliphatic rings. The van der Waals surface area contributed by atoms with E-state index in [0.29, 0.717) is 27.1 Å². The number of aromatic nitrogens is 1. The van der Waals surface area contributed by atoms with E-state index in [-0.39, 0.29) is 11.1 Å². The number of rotatable bonds is 5. The lowest BCUT2D eigenvalue weighted by molar-refractivity contribution is 0.162. The minimum Gasteiger partial charge on any atom is -0.383 e. The van der Waals surface area contributed by atoms with Crippen molar-refractivity contribution in [3.05, 3.63) is 67.5 Å². The average molecular weight is 446 g/mol. The molecule has 3 nitrogen and oxygen atoms in total. The molecular formula is C19H16Cl3FN2OS. The van der Waals surface area contributed by atoms with E-state index in [9.17, 15) is 4.39 Å². The van der Waals surface area contributed by atoms with E-state index in [0.717, 1.165) is 11.3 Å². The van der Waals surface area contributed by atoms with E-state index in [2.05, 4.69) is 4.99 Å². The summed E-state index contributed by atoms with van der Waals surface area (Å²) in [5.74, 6) is -0.510. The molecule has 3 rings (SSSR count). The Balaban J connectivity index is 2.20. The van der Waals surface area contributed by atoms with Crippen LogP contribution in [0, 0.1) is 5.82 Å². The summed E-state index contributed by atoms with van der Waals surface area (Å²) in [4.78, 5) is 5.28. The number of hydrogen-bond donors (Lipinski definition) is 0. The zero-order chi connectivity index (χ0) is 19.6. The van der Waals surface area contributed by atoms with Crippen LogP contribution in [0.15, 0.2) is 46.8 Å². The van der Waals surface area contributed by atoms with Crippen molar-refractivity contribution < 1.29 is 9.13 Å². The Kier molecular flexibility index (Phi) is 6.61. The lowest BCUT2D eigenvalue weighted by Crippen LogP contribution is -2.23. The van der Waals surface area contributed by atoms with Crippen molar-refractivity contribution in [3.8, 4) is 11.3 Å². The molecule has 27 heavy (non-hydrogen) atoms. The number of methoxy groups -OCH3 is 1. The predicted molar refractivity (Wildman–Crippen MR) is 111 cm³/mol. The Morgan fingerprint density at radius 2 is 1.89 bits per heavy atom. The molecule has 0 aliphatic heterocycles. The molecule has 0 spiro atoms. The number of hydrogen-bond acceptors (Lipinski definition) is 3. The normalized spacial score (nSPS) is 13.2. The van der Waals surface area contributed by atoms with Gasteiger partial charge in [0, 0.05) is 29.1 Å². The van der Waals surface area contributed by atoms with Crippen LogP contribution in [0.5, 0.6) is 0 Å². The maximum absolute atomic E-state index is 13.8. The monoisotopic (exact) mass is 444 g/mol. The first-order chi connectivity index (χ1) is 12.9. The van der Waals surface area contributed by atoms with Gasteiger partial charge in [-0.3, -0.25) is 0 Å². The second-order valence-corrected chi connectivity index (χ2v) is 8.00. The summed E-state index contributed by atoms with van der Waals surface area (Å²) in [6, 6.07) is 9.75. The van der Waals surface area contributed by atoms with E-state index in [1.165, 1.54) is 23.5 Å². The van der Waals surface area contributed by atoms with Crippen LogP contribution < -0.4 is 4.80 Å². The van der Waals surface area contributed by atoms with Crippen molar-refractivity contribution in [2.75, 3.05) is 13.7 Å². The zero-order valence-electron chi connectivity index (χ0n) is 14.5. The van der Waals surface area contributed by atoms with Crippen molar-refractivity contribution in [3.63, 3.8) is 0 Å². The molecule has 0 fully saturated rings. The zero-order valence-corrected chi connectivity index (χ0v) is 17.6. The molecule has 0 aliphatic carbocycles. The Labute approximate surface area is 175 Å². The van der Waals surface area contributed by atoms with Gasteiger partial charge in [-0.05, 0) is 37.3 Å². The van der Waals surface area contributed by atoms with Crippen LogP contribution in [-0.4, -0.2) is 18.3 Å². The molecule has 0 radical (unpaired) electrons. The molecule has 0 amide bonds. The number of halogens is 4. The van der Waals surface area contributed by atoms with E-state index in [1.54, 1.807) is 25.3 Å². The van der Waals surface area contributed by atoms with Crippen LogP contribution in [0.3, 0.4) is 0 Å². The third-order valence-corrected chi connectivity index (χ3v) is 5.63. The molecule has 0 N–H and O–H groups in total. The molecule has 0 saturated carbocycles. The van der Waals surface area contributed by atoms with Gasteiger partial charge in [0.1, 0.15) is 5.82 Å². The van der Waals surface area contributed by atoms with Crippen LogP contribution in [0.4, 0.5) is 10.1 Å². The molecule has 1 unspecified atom stereocenters. The highest BCUT2D eigenvalue weighted by atomic mass is 35.5. The number of nitrogens with zero attached hydrogens (tertiary/aromatic N) is 2. The summed E-state index contributed by atoms with van der Waals surface area (Å²) in [5.41, 5.74) is 2.14. The first-order valence-corrected chi connectivity index (χ1v) is 10.1. The molecular weight excluding hydrogens is 430 g/mol. The topological polar surface area (TPSA) is 26.5 Å². The highest BCUT2D eigenvalue weighted by Gasteiger charge is 2.16. The molecule has 142 valence electrons. The van der Waals surface area contributed by atoms with E-state index < -0.39 is 5.82 Å². The van der Waals surface area contributed by atoms with Crippen LogP contribution in [0.1, 0.15) is 13.0 Å². The lowest BCUT2D eigenvalue weighted by Gasteiger charge is -2.17. The lowest BCUT2D eigenvalue weighted by atomic mass is 10.1. The van der Waals surface area contributed by atoms with Gasteiger partial charge in [0.15, 0.2) is 4.80 Å². The third kappa shape index (κ3) is 4.55. The van der Waals surface area contributed by atoms with Crippen molar-refractivity contribution in [1.29, 1.82) is 0 Å². The van der Waals surface area contributed by atoms with Gasteiger partial charge in [0.05, 0.1) is 34.1 Å². The standard InChI is InChI=1S/C19H16Cl3FN2OS/c1-11(9-26-2)25-18(14-7-12(20)3-5-15(14)21)10-27-19(25)24-13-4-6-16(22)17(23)8-13/h3-8,10-11H,9H2,1-2H3. The van der Waals surface area contributed by atoms with Crippen molar-refractivity contribution in [2.45, 2.75) is 13.0 Å². The molecule has 0 bridgehead atoms. The van der Waals surface area contributed by atoms with Gasteiger partial charge in [-0.25, -0.2) is 9.38 Å². The molecule has 1 aromatic heterocycles. The van der Waals surface area contributed by atoms with Crippen LogP contribution in [-0.2, 0) is 4.74 Å². The summed E-state index contributed by atoms with van der Waals surface area (Å²) in [5, 5.41) is 3.19. The molecule has 3 aromatic rings. The summed E-state index contributed by atoms with van der Waals surface area (Å²) in [6.45, 7) is 2.49.